The zero-order chi connectivity index (χ0) is 11.6. The van der Waals surface area contributed by atoms with E-state index < -0.39 is 11.4 Å². The molecule has 0 spiro atoms. The second kappa shape index (κ2) is 3.90. The predicted molar refractivity (Wildman–Crippen MR) is 59.5 cm³/mol. The molecule has 1 heterocycles. The van der Waals surface area contributed by atoms with Gasteiger partial charge in [-0.15, -0.1) is 11.3 Å². The molecule has 5 N–H and O–H groups in total. The first-order chi connectivity index (χ1) is 6.84. The van der Waals surface area contributed by atoms with Gasteiger partial charge in [0.2, 0.25) is 5.91 Å². The number of hydrogen-bond donors (Lipinski definition) is 3. The second-order valence-electron chi connectivity index (χ2n) is 3.65. The number of carbonyl (C=O) groups is 2. The highest BCUT2D eigenvalue weighted by molar-refractivity contribution is 7.12. The monoisotopic (exact) mass is 227 g/mol. The Kier molecular flexibility index (Phi) is 2.99. The van der Waals surface area contributed by atoms with E-state index in [-0.39, 0.29) is 5.91 Å². The van der Waals surface area contributed by atoms with Crippen LogP contribution in [0.3, 0.4) is 0 Å². The first-order valence-corrected chi connectivity index (χ1v) is 5.18. The molecule has 0 fully saturated rings. The summed E-state index contributed by atoms with van der Waals surface area (Å²) in [6.07, 6.45) is 0. The topological polar surface area (TPSA) is 98.2 Å². The van der Waals surface area contributed by atoms with Gasteiger partial charge in [0.15, 0.2) is 0 Å². The smallest absolute Gasteiger partial charge is 0.264 e. The van der Waals surface area contributed by atoms with Crippen LogP contribution < -0.4 is 16.8 Å². The van der Waals surface area contributed by atoms with Gasteiger partial charge in [-0.05, 0) is 25.3 Å². The minimum absolute atomic E-state index is 0.383. The third kappa shape index (κ3) is 2.47. The van der Waals surface area contributed by atoms with Crippen LogP contribution in [0.15, 0.2) is 11.4 Å². The van der Waals surface area contributed by atoms with Crippen LogP contribution in [0.4, 0.5) is 5.69 Å². The molecule has 0 bridgehead atoms. The van der Waals surface area contributed by atoms with Gasteiger partial charge in [-0.25, -0.2) is 0 Å². The number of nitrogens with one attached hydrogen (secondary N) is 1. The Morgan fingerprint density at radius 3 is 2.47 bits per heavy atom. The van der Waals surface area contributed by atoms with Crippen LogP contribution in [0.1, 0.15) is 23.5 Å². The van der Waals surface area contributed by atoms with Crippen LogP contribution in [0.2, 0.25) is 0 Å². The quantitative estimate of drug-likeness (QED) is 0.693. The second-order valence-corrected chi connectivity index (χ2v) is 4.56. The van der Waals surface area contributed by atoms with Gasteiger partial charge < -0.3 is 16.8 Å². The van der Waals surface area contributed by atoms with Crippen molar-refractivity contribution >= 4 is 28.8 Å². The van der Waals surface area contributed by atoms with Crippen molar-refractivity contribution in [3.05, 3.63) is 16.3 Å². The summed E-state index contributed by atoms with van der Waals surface area (Å²) in [4.78, 5) is 23.0. The number of carbonyl (C=O) groups excluding carboxylic acids is 2. The lowest BCUT2D eigenvalue weighted by molar-refractivity contribution is -0.122. The summed E-state index contributed by atoms with van der Waals surface area (Å²) in [5.74, 6) is -0.975. The fourth-order valence-corrected chi connectivity index (χ4v) is 1.62. The van der Waals surface area contributed by atoms with Crippen molar-refractivity contribution in [2.75, 3.05) is 5.73 Å². The third-order valence-electron chi connectivity index (χ3n) is 1.94. The van der Waals surface area contributed by atoms with Crippen LogP contribution in [0.25, 0.3) is 0 Å². The lowest BCUT2D eigenvalue weighted by Gasteiger charge is -2.21. The van der Waals surface area contributed by atoms with Crippen LogP contribution in [0, 0.1) is 0 Å². The van der Waals surface area contributed by atoms with E-state index >= 15 is 0 Å². The average Bonchev–Trinajstić information content (AvgIpc) is 2.50. The lowest BCUT2D eigenvalue weighted by atomic mass is 10.1. The fourth-order valence-electron chi connectivity index (χ4n) is 0.906. The Morgan fingerprint density at radius 1 is 1.47 bits per heavy atom. The number of primary amides is 1. The van der Waals surface area contributed by atoms with Crippen LogP contribution in [0.5, 0.6) is 0 Å². The Bertz CT molecular complexity index is 398. The van der Waals surface area contributed by atoms with Crippen molar-refractivity contribution in [3.63, 3.8) is 0 Å². The maximum atomic E-state index is 11.7. The molecule has 0 radical (unpaired) electrons. The van der Waals surface area contributed by atoms with Gasteiger partial charge in [0.25, 0.3) is 5.91 Å². The van der Waals surface area contributed by atoms with Gasteiger partial charge in [-0.1, -0.05) is 0 Å². The molecule has 0 saturated heterocycles. The van der Waals surface area contributed by atoms with Gasteiger partial charge >= 0.3 is 0 Å². The molecule has 0 aliphatic carbocycles. The van der Waals surface area contributed by atoms with Gasteiger partial charge in [0, 0.05) is 0 Å². The highest BCUT2D eigenvalue weighted by Crippen LogP contribution is 2.19. The molecule has 1 aromatic heterocycles. The van der Waals surface area contributed by atoms with Gasteiger partial charge in [-0.3, -0.25) is 9.59 Å². The number of rotatable bonds is 3. The van der Waals surface area contributed by atoms with E-state index in [2.05, 4.69) is 5.32 Å². The zero-order valence-electron chi connectivity index (χ0n) is 8.53. The molecular formula is C9H13N3O2S. The molecule has 0 aliphatic heterocycles. The summed E-state index contributed by atoms with van der Waals surface area (Å²) in [6, 6.07) is 1.64. The summed E-state index contributed by atoms with van der Waals surface area (Å²) < 4.78 is 0. The number of nitrogen functional groups attached to an aromatic ring is 1. The van der Waals surface area contributed by atoms with E-state index in [4.69, 9.17) is 11.5 Å². The molecule has 0 unspecified atom stereocenters. The maximum absolute atomic E-state index is 11.7. The van der Waals surface area contributed by atoms with Crippen molar-refractivity contribution in [3.8, 4) is 0 Å². The molecule has 2 amide bonds. The first-order valence-electron chi connectivity index (χ1n) is 4.30. The molecule has 15 heavy (non-hydrogen) atoms. The highest BCUT2D eigenvalue weighted by Gasteiger charge is 2.28. The highest BCUT2D eigenvalue weighted by atomic mass is 32.1. The third-order valence-corrected chi connectivity index (χ3v) is 2.87. The SMILES string of the molecule is CC(C)(NC(=O)c1sccc1N)C(N)=O. The molecule has 6 heteroatoms. The molecule has 0 aliphatic rings. The van der Waals surface area contributed by atoms with Gasteiger partial charge in [0.1, 0.15) is 10.4 Å². The maximum Gasteiger partial charge on any atom is 0.264 e. The van der Waals surface area contributed by atoms with Crippen molar-refractivity contribution in [2.24, 2.45) is 5.73 Å². The molecule has 82 valence electrons. The lowest BCUT2D eigenvalue weighted by Crippen LogP contribution is -2.52. The average molecular weight is 227 g/mol. The summed E-state index contributed by atoms with van der Waals surface area (Å²) in [5, 5.41) is 4.23. The minimum Gasteiger partial charge on any atom is -0.397 e. The molecule has 0 saturated carbocycles. The van der Waals surface area contributed by atoms with Crippen LogP contribution >= 0.6 is 11.3 Å². The van der Waals surface area contributed by atoms with Gasteiger partial charge in [0.05, 0.1) is 5.69 Å². The van der Waals surface area contributed by atoms with Crippen LogP contribution in [-0.4, -0.2) is 17.4 Å². The van der Waals surface area contributed by atoms with E-state index in [9.17, 15) is 9.59 Å². The summed E-state index contributed by atoms with van der Waals surface area (Å²) in [6.45, 7) is 3.08. The Morgan fingerprint density at radius 2 is 2.07 bits per heavy atom. The number of nitrogens with two attached hydrogens (primary N) is 2. The zero-order valence-corrected chi connectivity index (χ0v) is 9.35. The first kappa shape index (κ1) is 11.5. The Hall–Kier alpha value is -1.56. The minimum atomic E-state index is -1.08. The molecule has 1 aromatic rings. The number of hydrogen-bond acceptors (Lipinski definition) is 4. The standard InChI is InChI=1S/C9H13N3O2S/c1-9(2,8(11)14)12-7(13)6-5(10)3-4-15-6/h3-4H,10H2,1-2H3,(H2,11,14)(H,12,13). The van der Waals surface area contributed by atoms with Crippen LogP contribution in [-0.2, 0) is 4.79 Å². The van der Waals surface area contributed by atoms with Crippen molar-refractivity contribution < 1.29 is 9.59 Å². The van der Waals surface area contributed by atoms with Crippen molar-refractivity contribution in [1.82, 2.24) is 5.32 Å². The van der Waals surface area contributed by atoms with Gasteiger partial charge in [-0.2, -0.15) is 0 Å². The molecule has 0 aromatic carbocycles. The van der Waals surface area contributed by atoms with Crippen molar-refractivity contribution in [2.45, 2.75) is 19.4 Å². The van der Waals surface area contributed by atoms with E-state index in [1.165, 1.54) is 25.2 Å². The van der Waals surface area contributed by atoms with E-state index in [1.54, 1.807) is 11.4 Å². The van der Waals surface area contributed by atoms with E-state index in [0.717, 1.165) is 0 Å². The fraction of sp³-hybridized carbons (Fsp3) is 0.333. The molecular weight excluding hydrogens is 214 g/mol. The number of amides is 2. The Labute approximate surface area is 91.4 Å². The van der Waals surface area contributed by atoms with Crippen molar-refractivity contribution in [1.29, 1.82) is 0 Å². The number of anilines is 1. The predicted octanol–water partition coefficient (Wildman–Crippen LogP) is 0.324. The van der Waals surface area contributed by atoms with E-state index in [1.807, 2.05) is 0 Å². The molecule has 5 nitrogen and oxygen atoms in total. The molecule has 1 rings (SSSR count). The normalized spacial score (nSPS) is 11.1. The largest absolute Gasteiger partial charge is 0.397 e. The summed E-state index contributed by atoms with van der Waals surface area (Å²) >= 11 is 1.22. The summed E-state index contributed by atoms with van der Waals surface area (Å²) in [5.41, 5.74) is 10.0. The molecule has 0 atom stereocenters. The number of thiophene rings is 1. The summed E-state index contributed by atoms with van der Waals surface area (Å²) in [7, 11) is 0. The Balaban J connectivity index is 2.81. The van der Waals surface area contributed by atoms with E-state index in [0.29, 0.717) is 10.6 Å².